The van der Waals surface area contributed by atoms with Gasteiger partial charge in [0.1, 0.15) is 23.4 Å². The molecule has 3 unspecified atom stereocenters. The molecule has 1 aromatic carbocycles. The first-order valence-corrected chi connectivity index (χ1v) is 14.5. The van der Waals surface area contributed by atoms with Crippen molar-refractivity contribution in [1.29, 1.82) is 0 Å². The first-order chi connectivity index (χ1) is 19.9. The second kappa shape index (κ2) is 12.8. The maximum atomic E-state index is 11.7. The molecule has 1 fully saturated rings. The molecule has 2 amide bonds. The minimum absolute atomic E-state index is 0.0472. The number of carbonyl (C=O) groups is 2. The Kier molecular flexibility index (Phi) is 8.99. The van der Waals surface area contributed by atoms with Crippen molar-refractivity contribution in [3.05, 3.63) is 59.4 Å². The zero-order chi connectivity index (χ0) is 28.9. The Morgan fingerprint density at radius 3 is 2.68 bits per heavy atom. The molecular formula is C31H40N6O4. The molecule has 0 radical (unpaired) electrons. The van der Waals surface area contributed by atoms with E-state index in [1.54, 1.807) is 17.8 Å². The summed E-state index contributed by atoms with van der Waals surface area (Å²) in [4.78, 5) is 36.6. The molecule has 0 saturated heterocycles. The highest BCUT2D eigenvalue weighted by Crippen LogP contribution is 2.35. The summed E-state index contributed by atoms with van der Waals surface area (Å²) in [5.41, 5.74) is 3.73. The summed E-state index contributed by atoms with van der Waals surface area (Å²) in [6.07, 6.45) is 7.68. The number of pyridine rings is 1. The van der Waals surface area contributed by atoms with Crippen molar-refractivity contribution in [2.45, 2.75) is 64.3 Å². The number of rotatable bonds is 11. The molecule has 5 rings (SSSR count). The molecule has 10 heteroatoms. The third-order valence-corrected chi connectivity index (χ3v) is 8.42. The standard InChI is InChI=1S/C31H40N6O4/c1-21-6-4-5-7-27(21)41-24-11-8-22(9-12-24)17-37-18-23-10-13-25(34-30(23)26(37)19-38)31-33-16-29(35(31)3)36(20-39)15-14-28(40)32-2/h8-13,16,20-21,26-27,38H,4-7,14-15,17-19H2,1-3H3,(H,32,40). The number of anilines is 1. The van der Waals surface area contributed by atoms with Crippen molar-refractivity contribution in [2.75, 3.05) is 25.1 Å². The van der Waals surface area contributed by atoms with Crippen molar-refractivity contribution < 1.29 is 19.4 Å². The lowest BCUT2D eigenvalue weighted by Gasteiger charge is -2.29. The van der Waals surface area contributed by atoms with Crippen LogP contribution in [-0.4, -0.2) is 63.2 Å². The molecule has 2 aliphatic rings. The van der Waals surface area contributed by atoms with Crippen LogP contribution in [0, 0.1) is 5.92 Å². The topological polar surface area (TPSA) is 113 Å². The normalized spacial score (nSPS) is 20.4. The van der Waals surface area contributed by atoms with Crippen LogP contribution in [0.2, 0.25) is 0 Å². The first kappa shape index (κ1) is 28.8. The second-order valence-corrected chi connectivity index (χ2v) is 11.1. The largest absolute Gasteiger partial charge is 0.490 e. The zero-order valence-electron chi connectivity index (χ0n) is 24.1. The van der Waals surface area contributed by atoms with Gasteiger partial charge in [0.2, 0.25) is 12.3 Å². The van der Waals surface area contributed by atoms with Gasteiger partial charge in [0.15, 0.2) is 5.82 Å². The number of aromatic nitrogens is 3. The van der Waals surface area contributed by atoms with E-state index in [1.807, 2.05) is 19.2 Å². The van der Waals surface area contributed by atoms with Crippen LogP contribution in [0.15, 0.2) is 42.6 Å². The third kappa shape index (κ3) is 6.28. The van der Waals surface area contributed by atoms with Gasteiger partial charge in [0, 0.05) is 40.2 Å². The SMILES string of the molecule is CNC(=O)CCN(C=O)c1cnc(-c2ccc3c(n2)C(CO)N(Cc2ccc(OC4CCCCC4C)cc2)C3)n1C. The van der Waals surface area contributed by atoms with Gasteiger partial charge in [-0.1, -0.05) is 31.5 Å². The van der Waals surface area contributed by atoms with Crippen LogP contribution in [0.25, 0.3) is 11.5 Å². The minimum atomic E-state index is -0.234. The summed E-state index contributed by atoms with van der Waals surface area (Å²) in [6, 6.07) is 12.1. The predicted octanol–water partition coefficient (Wildman–Crippen LogP) is 3.59. The van der Waals surface area contributed by atoms with E-state index < -0.39 is 0 Å². The van der Waals surface area contributed by atoms with Gasteiger partial charge in [-0.05, 0) is 54.5 Å². The molecule has 1 aliphatic heterocycles. The van der Waals surface area contributed by atoms with E-state index in [-0.39, 0.29) is 31.5 Å². The summed E-state index contributed by atoms with van der Waals surface area (Å²) in [6.45, 7) is 3.85. The number of hydrogen-bond acceptors (Lipinski definition) is 7. The van der Waals surface area contributed by atoms with Crippen molar-refractivity contribution in [2.24, 2.45) is 13.0 Å². The van der Waals surface area contributed by atoms with Gasteiger partial charge >= 0.3 is 0 Å². The van der Waals surface area contributed by atoms with Crippen LogP contribution < -0.4 is 15.0 Å². The molecule has 3 heterocycles. The summed E-state index contributed by atoms with van der Waals surface area (Å²) in [7, 11) is 3.39. The number of aliphatic hydroxyl groups is 1. The number of imidazole rings is 1. The van der Waals surface area contributed by atoms with Crippen LogP contribution in [0.3, 0.4) is 0 Å². The average Bonchev–Trinajstić information content (AvgIpc) is 3.54. The van der Waals surface area contributed by atoms with Crippen LogP contribution in [0.5, 0.6) is 5.75 Å². The lowest BCUT2D eigenvalue weighted by Crippen LogP contribution is -2.29. The van der Waals surface area contributed by atoms with E-state index in [2.05, 4.69) is 46.4 Å². The zero-order valence-corrected chi connectivity index (χ0v) is 24.1. The molecule has 1 aliphatic carbocycles. The Morgan fingerprint density at radius 2 is 1.98 bits per heavy atom. The molecule has 10 nitrogen and oxygen atoms in total. The van der Waals surface area contributed by atoms with Crippen molar-refractivity contribution in [3.8, 4) is 17.3 Å². The highest BCUT2D eigenvalue weighted by molar-refractivity contribution is 5.79. The van der Waals surface area contributed by atoms with Gasteiger partial charge in [-0.2, -0.15) is 0 Å². The third-order valence-electron chi connectivity index (χ3n) is 8.42. The Hall–Kier alpha value is -3.76. The fraction of sp³-hybridized carbons (Fsp3) is 0.484. The van der Waals surface area contributed by atoms with Crippen LogP contribution in [-0.2, 0) is 29.7 Å². The Morgan fingerprint density at radius 1 is 1.20 bits per heavy atom. The Labute approximate surface area is 241 Å². The van der Waals surface area contributed by atoms with Crippen molar-refractivity contribution in [3.63, 3.8) is 0 Å². The number of nitrogens with zero attached hydrogens (tertiary/aromatic N) is 5. The number of benzene rings is 1. The van der Waals surface area contributed by atoms with Crippen LogP contribution >= 0.6 is 0 Å². The maximum absolute atomic E-state index is 11.7. The lowest BCUT2D eigenvalue weighted by atomic mass is 9.88. The van der Waals surface area contributed by atoms with Gasteiger partial charge in [-0.3, -0.25) is 19.4 Å². The molecule has 3 atom stereocenters. The monoisotopic (exact) mass is 560 g/mol. The molecule has 2 N–H and O–H groups in total. The van der Waals surface area contributed by atoms with Crippen LogP contribution in [0.4, 0.5) is 5.82 Å². The fourth-order valence-electron chi connectivity index (χ4n) is 5.93. The predicted molar refractivity (Wildman–Crippen MR) is 156 cm³/mol. The number of amides is 2. The Bertz CT molecular complexity index is 1360. The highest BCUT2D eigenvalue weighted by Gasteiger charge is 2.32. The second-order valence-electron chi connectivity index (χ2n) is 11.1. The summed E-state index contributed by atoms with van der Waals surface area (Å²) < 4.78 is 8.09. The summed E-state index contributed by atoms with van der Waals surface area (Å²) in [5.74, 6) is 2.54. The number of nitrogens with one attached hydrogen (secondary N) is 1. The van der Waals surface area contributed by atoms with E-state index in [0.29, 0.717) is 48.9 Å². The maximum Gasteiger partial charge on any atom is 0.221 e. The van der Waals surface area contributed by atoms with E-state index in [1.165, 1.54) is 24.2 Å². The van der Waals surface area contributed by atoms with E-state index in [4.69, 9.17) is 9.72 Å². The molecular weight excluding hydrogens is 520 g/mol. The van der Waals surface area contributed by atoms with E-state index in [0.717, 1.165) is 29.0 Å². The number of aliphatic hydroxyl groups excluding tert-OH is 1. The smallest absolute Gasteiger partial charge is 0.221 e. The van der Waals surface area contributed by atoms with E-state index >= 15 is 0 Å². The van der Waals surface area contributed by atoms with E-state index in [9.17, 15) is 14.7 Å². The van der Waals surface area contributed by atoms with Gasteiger partial charge < -0.3 is 19.7 Å². The number of carbonyl (C=O) groups excluding carboxylic acids is 2. The molecule has 2 aromatic heterocycles. The molecule has 0 spiro atoms. The van der Waals surface area contributed by atoms with Crippen LogP contribution in [0.1, 0.15) is 61.9 Å². The molecule has 3 aromatic rings. The molecule has 218 valence electrons. The number of ether oxygens (including phenoxy) is 1. The van der Waals surface area contributed by atoms with Gasteiger partial charge in [0.25, 0.3) is 0 Å². The number of fused-ring (bicyclic) bond motifs is 1. The molecule has 1 saturated carbocycles. The van der Waals surface area contributed by atoms with Crippen molar-refractivity contribution >= 4 is 18.1 Å². The number of hydrogen-bond donors (Lipinski definition) is 2. The molecule has 0 bridgehead atoms. The first-order valence-electron chi connectivity index (χ1n) is 14.5. The minimum Gasteiger partial charge on any atom is -0.490 e. The quantitative estimate of drug-likeness (QED) is 0.345. The fourth-order valence-corrected chi connectivity index (χ4v) is 5.93. The highest BCUT2D eigenvalue weighted by atomic mass is 16.5. The van der Waals surface area contributed by atoms with Crippen molar-refractivity contribution in [1.82, 2.24) is 24.8 Å². The lowest BCUT2D eigenvalue weighted by molar-refractivity contribution is -0.120. The van der Waals surface area contributed by atoms with Gasteiger partial charge in [0.05, 0.1) is 24.5 Å². The van der Waals surface area contributed by atoms with Gasteiger partial charge in [-0.25, -0.2) is 9.97 Å². The summed E-state index contributed by atoms with van der Waals surface area (Å²) >= 11 is 0. The average molecular weight is 561 g/mol. The van der Waals surface area contributed by atoms with Gasteiger partial charge in [-0.15, -0.1) is 0 Å². The summed E-state index contributed by atoms with van der Waals surface area (Å²) in [5, 5.41) is 12.9. The Balaban J connectivity index is 1.28. The molecule has 41 heavy (non-hydrogen) atoms.